The molecule has 0 aliphatic carbocycles. The van der Waals surface area contributed by atoms with Crippen molar-refractivity contribution in [1.29, 1.82) is 5.26 Å². The highest BCUT2D eigenvalue weighted by Gasteiger charge is 2.38. The average molecular weight is 183 g/mol. The van der Waals surface area contributed by atoms with E-state index in [1.165, 1.54) is 0 Å². The van der Waals surface area contributed by atoms with Gasteiger partial charge in [0.05, 0.1) is 6.61 Å². The van der Waals surface area contributed by atoms with E-state index in [1.807, 2.05) is 0 Å². The van der Waals surface area contributed by atoms with Gasteiger partial charge >= 0.3 is 5.97 Å². The molecule has 0 aromatic rings. The van der Waals surface area contributed by atoms with Crippen molar-refractivity contribution in [3.05, 3.63) is 12.7 Å². The molecule has 13 heavy (non-hydrogen) atoms. The number of nitrogens with zero attached hydrogens (tertiary/aromatic N) is 1. The van der Waals surface area contributed by atoms with Gasteiger partial charge in [-0.25, -0.2) is 4.79 Å². The normalized spacial score (nSPS) is 13.9. The predicted molar refractivity (Wildman–Crippen MR) is 46.8 cm³/mol. The third-order valence-corrected chi connectivity index (χ3v) is 1.40. The van der Waals surface area contributed by atoms with Crippen LogP contribution in [-0.2, 0) is 14.3 Å². The molecule has 0 N–H and O–H groups in total. The smallest absolute Gasteiger partial charge is 0.357 e. The molecule has 0 rings (SSSR count). The second kappa shape index (κ2) is 5.33. The van der Waals surface area contributed by atoms with Gasteiger partial charge in [-0.15, -0.1) is 0 Å². The first-order chi connectivity index (χ1) is 6.16. The van der Waals surface area contributed by atoms with E-state index < -0.39 is 11.6 Å². The molecule has 0 bridgehead atoms. The van der Waals surface area contributed by atoms with Gasteiger partial charge in [0.15, 0.2) is 0 Å². The van der Waals surface area contributed by atoms with Crippen molar-refractivity contribution in [2.75, 3.05) is 13.2 Å². The number of nitriles is 1. The van der Waals surface area contributed by atoms with Crippen molar-refractivity contribution in [2.24, 2.45) is 0 Å². The van der Waals surface area contributed by atoms with Crippen LogP contribution in [0, 0.1) is 11.3 Å². The first-order valence-corrected chi connectivity index (χ1v) is 4.02. The fourth-order valence-electron chi connectivity index (χ4n) is 0.791. The van der Waals surface area contributed by atoms with Crippen molar-refractivity contribution in [1.82, 2.24) is 0 Å². The van der Waals surface area contributed by atoms with Crippen LogP contribution in [0.15, 0.2) is 12.7 Å². The second-order valence-electron chi connectivity index (χ2n) is 2.21. The Bertz CT molecular complexity index is 232. The van der Waals surface area contributed by atoms with Crippen LogP contribution < -0.4 is 0 Å². The maximum absolute atomic E-state index is 11.3. The number of rotatable bonds is 5. The van der Waals surface area contributed by atoms with E-state index in [1.54, 1.807) is 19.9 Å². The van der Waals surface area contributed by atoms with E-state index in [2.05, 4.69) is 11.3 Å². The Hall–Kier alpha value is -1.34. The molecule has 4 nitrogen and oxygen atoms in total. The van der Waals surface area contributed by atoms with Gasteiger partial charge in [-0.3, -0.25) is 0 Å². The van der Waals surface area contributed by atoms with Crippen LogP contribution in [-0.4, -0.2) is 24.8 Å². The number of carbonyl (C=O) groups is 1. The minimum Gasteiger partial charge on any atom is -0.463 e. The molecule has 0 amide bonds. The summed E-state index contributed by atoms with van der Waals surface area (Å²) in [7, 11) is 0. The van der Waals surface area contributed by atoms with Gasteiger partial charge in [0.25, 0.3) is 5.60 Å². The molecule has 0 spiro atoms. The molecule has 1 unspecified atom stereocenters. The van der Waals surface area contributed by atoms with Crippen molar-refractivity contribution >= 4 is 5.97 Å². The number of hydrogen-bond donors (Lipinski definition) is 0. The van der Waals surface area contributed by atoms with Crippen molar-refractivity contribution in [3.8, 4) is 6.07 Å². The van der Waals surface area contributed by atoms with Gasteiger partial charge in [0, 0.05) is 6.61 Å². The lowest BCUT2D eigenvalue weighted by atomic mass is 10.1. The quantitative estimate of drug-likeness (QED) is 0.472. The van der Waals surface area contributed by atoms with Crippen LogP contribution in [0.2, 0.25) is 0 Å². The van der Waals surface area contributed by atoms with Crippen LogP contribution in [0.5, 0.6) is 0 Å². The molecule has 0 aliphatic rings. The fourth-order valence-corrected chi connectivity index (χ4v) is 0.791. The van der Waals surface area contributed by atoms with Gasteiger partial charge in [-0.1, -0.05) is 6.58 Å². The maximum atomic E-state index is 11.3. The van der Waals surface area contributed by atoms with Crippen LogP contribution in [0.4, 0.5) is 0 Å². The Balaban J connectivity index is 4.66. The molecular formula is C9H13NO3. The second-order valence-corrected chi connectivity index (χ2v) is 2.21. The summed E-state index contributed by atoms with van der Waals surface area (Å²) >= 11 is 0. The lowest BCUT2D eigenvalue weighted by Gasteiger charge is -2.19. The number of esters is 1. The van der Waals surface area contributed by atoms with Crippen LogP contribution in [0.25, 0.3) is 0 Å². The third-order valence-electron chi connectivity index (χ3n) is 1.40. The molecular weight excluding hydrogens is 170 g/mol. The Kier molecular flexibility index (Phi) is 4.78. The molecule has 1 atom stereocenters. The summed E-state index contributed by atoms with van der Waals surface area (Å²) in [5.74, 6) is -0.714. The predicted octanol–water partition coefficient (Wildman–Crippen LogP) is 1.03. The fraction of sp³-hybridized carbons (Fsp3) is 0.556. The number of ether oxygens (including phenoxy) is 2. The zero-order valence-electron chi connectivity index (χ0n) is 7.87. The summed E-state index contributed by atoms with van der Waals surface area (Å²) in [6.07, 6.45) is 1.15. The molecule has 0 aromatic carbocycles. The topological polar surface area (TPSA) is 59.3 Å². The van der Waals surface area contributed by atoms with Gasteiger partial charge in [0.2, 0.25) is 0 Å². The molecule has 0 fully saturated rings. The average Bonchev–Trinajstić information content (AvgIpc) is 2.14. The van der Waals surface area contributed by atoms with E-state index in [0.717, 1.165) is 6.08 Å². The summed E-state index contributed by atoms with van der Waals surface area (Å²) in [5.41, 5.74) is -1.65. The van der Waals surface area contributed by atoms with Crippen LogP contribution in [0.1, 0.15) is 13.8 Å². The highest BCUT2D eigenvalue weighted by molar-refractivity contribution is 5.85. The summed E-state index contributed by atoms with van der Waals surface area (Å²) in [4.78, 5) is 11.3. The SMILES string of the molecule is C=CC(C#N)(OCC)C(=O)OCC. The zero-order chi connectivity index (χ0) is 10.3. The van der Waals surface area contributed by atoms with Crippen molar-refractivity contribution in [3.63, 3.8) is 0 Å². The standard InChI is InChI=1S/C9H13NO3/c1-4-9(7-10,13-6-3)8(11)12-5-2/h4H,1,5-6H2,2-3H3. The number of hydrogen-bond acceptors (Lipinski definition) is 4. The molecule has 0 aromatic heterocycles. The van der Waals surface area contributed by atoms with Crippen LogP contribution in [0.3, 0.4) is 0 Å². The molecule has 4 heteroatoms. The molecule has 0 heterocycles. The molecule has 72 valence electrons. The molecule has 0 radical (unpaired) electrons. The minimum atomic E-state index is -1.65. The monoisotopic (exact) mass is 183 g/mol. The zero-order valence-corrected chi connectivity index (χ0v) is 7.87. The van der Waals surface area contributed by atoms with E-state index in [-0.39, 0.29) is 13.2 Å². The largest absolute Gasteiger partial charge is 0.463 e. The third kappa shape index (κ3) is 2.56. The first kappa shape index (κ1) is 11.7. The lowest BCUT2D eigenvalue weighted by Crippen LogP contribution is -2.39. The van der Waals surface area contributed by atoms with Crippen LogP contribution >= 0.6 is 0 Å². The van der Waals surface area contributed by atoms with Gasteiger partial charge < -0.3 is 9.47 Å². The van der Waals surface area contributed by atoms with Gasteiger partial charge in [-0.05, 0) is 19.9 Å². The van der Waals surface area contributed by atoms with E-state index in [0.29, 0.717) is 0 Å². The number of carbonyl (C=O) groups excluding carboxylic acids is 1. The van der Waals surface area contributed by atoms with E-state index in [4.69, 9.17) is 10.00 Å². The molecule has 0 saturated carbocycles. The molecule has 0 saturated heterocycles. The highest BCUT2D eigenvalue weighted by atomic mass is 16.6. The minimum absolute atomic E-state index is 0.211. The maximum Gasteiger partial charge on any atom is 0.357 e. The first-order valence-electron chi connectivity index (χ1n) is 4.02. The Morgan fingerprint density at radius 2 is 2.23 bits per heavy atom. The summed E-state index contributed by atoms with van der Waals surface area (Å²) < 4.78 is 9.67. The van der Waals surface area contributed by atoms with Gasteiger partial charge in [0.1, 0.15) is 6.07 Å². The Morgan fingerprint density at radius 3 is 2.54 bits per heavy atom. The lowest BCUT2D eigenvalue weighted by molar-refractivity contribution is -0.159. The van der Waals surface area contributed by atoms with Gasteiger partial charge in [-0.2, -0.15) is 5.26 Å². The van der Waals surface area contributed by atoms with Crippen molar-refractivity contribution in [2.45, 2.75) is 19.4 Å². The molecule has 0 aliphatic heterocycles. The van der Waals surface area contributed by atoms with E-state index >= 15 is 0 Å². The van der Waals surface area contributed by atoms with E-state index in [9.17, 15) is 4.79 Å². The summed E-state index contributed by atoms with van der Waals surface area (Å²) in [6.45, 7) is 7.19. The summed E-state index contributed by atoms with van der Waals surface area (Å²) in [5, 5.41) is 8.76. The Morgan fingerprint density at radius 1 is 1.62 bits per heavy atom. The Labute approximate surface area is 77.8 Å². The highest BCUT2D eigenvalue weighted by Crippen LogP contribution is 2.13. The van der Waals surface area contributed by atoms with Crippen molar-refractivity contribution < 1.29 is 14.3 Å². The summed E-state index contributed by atoms with van der Waals surface area (Å²) in [6, 6.07) is 1.74.